The van der Waals surface area contributed by atoms with Crippen LogP contribution in [0.1, 0.15) is 70.4 Å². The smallest absolute Gasteiger partial charge is 0.163 e. The Bertz CT molecular complexity index is 775. The fourth-order valence-electron chi connectivity index (χ4n) is 6.00. The topological polar surface area (TPSA) is 41.1 Å². The Kier molecular flexibility index (Phi) is 4.60. The number of rotatable bonds is 3. The molecule has 2 aliphatic carbocycles. The summed E-state index contributed by atoms with van der Waals surface area (Å²) >= 11 is 0. The molecule has 27 heavy (non-hydrogen) atoms. The van der Waals surface area contributed by atoms with E-state index in [1.807, 2.05) is 13.1 Å². The van der Waals surface area contributed by atoms with E-state index in [2.05, 4.69) is 49.6 Å². The van der Waals surface area contributed by atoms with Gasteiger partial charge in [0.05, 0.1) is 0 Å². The van der Waals surface area contributed by atoms with Gasteiger partial charge in [0.15, 0.2) is 5.78 Å². The van der Waals surface area contributed by atoms with Crippen molar-refractivity contribution in [2.75, 3.05) is 12.4 Å². The summed E-state index contributed by atoms with van der Waals surface area (Å²) in [4.78, 5) is 13.6. The Morgan fingerprint density at radius 1 is 1.30 bits per heavy atom. The molecule has 0 spiro atoms. The van der Waals surface area contributed by atoms with Crippen molar-refractivity contribution in [2.45, 2.75) is 71.3 Å². The maximum atomic E-state index is 13.6. The van der Waals surface area contributed by atoms with Crippen molar-refractivity contribution in [3.63, 3.8) is 0 Å². The van der Waals surface area contributed by atoms with Gasteiger partial charge in [0, 0.05) is 41.0 Å². The third kappa shape index (κ3) is 3.53. The van der Waals surface area contributed by atoms with Crippen LogP contribution in [0.15, 0.2) is 24.3 Å². The zero-order valence-corrected chi connectivity index (χ0v) is 17.3. The van der Waals surface area contributed by atoms with E-state index in [-0.39, 0.29) is 11.0 Å². The second-order valence-electron chi connectivity index (χ2n) is 10.0. The average Bonchev–Trinajstić information content (AvgIpc) is 2.60. The van der Waals surface area contributed by atoms with Crippen LogP contribution in [-0.4, -0.2) is 18.4 Å². The molecule has 2 fully saturated rings. The molecule has 3 heteroatoms. The fourth-order valence-corrected chi connectivity index (χ4v) is 6.00. The number of allylic oxidation sites excluding steroid dienone is 1. The first-order valence-corrected chi connectivity index (χ1v) is 10.7. The molecule has 0 amide bonds. The molecule has 0 aromatic heterocycles. The van der Waals surface area contributed by atoms with Crippen molar-refractivity contribution in [3.8, 4) is 0 Å². The lowest BCUT2D eigenvalue weighted by molar-refractivity contribution is -0.130. The maximum absolute atomic E-state index is 13.6. The van der Waals surface area contributed by atoms with Crippen LogP contribution in [-0.2, 0) is 11.2 Å². The summed E-state index contributed by atoms with van der Waals surface area (Å²) in [6.07, 6.45) is 10.0. The van der Waals surface area contributed by atoms with E-state index in [0.29, 0.717) is 11.7 Å². The maximum Gasteiger partial charge on any atom is 0.163 e. The van der Waals surface area contributed by atoms with Crippen LogP contribution in [0.3, 0.4) is 0 Å². The van der Waals surface area contributed by atoms with Crippen molar-refractivity contribution in [1.29, 1.82) is 0 Å². The highest BCUT2D eigenvalue weighted by Crippen LogP contribution is 2.52. The number of carbonyl (C=O) groups excluding carboxylic acids is 1. The number of hydrogen-bond donors (Lipinski definition) is 2. The summed E-state index contributed by atoms with van der Waals surface area (Å²) in [7, 11) is 1.95. The molecule has 1 aliphatic heterocycles. The van der Waals surface area contributed by atoms with Crippen molar-refractivity contribution < 1.29 is 4.79 Å². The van der Waals surface area contributed by atoms with Crippen LogP contribution >= 0.6 is 0 Å². The molecular weight excluding hydrogens is 332 g/mol. The van der Waals surface area contributed by atoms with Gasteiger partial charge < -0.3 is 10.6 Å². The third-order valence-electron chi connectivity index (χ3n) is 7.01. The Labute approximate surface area is 164 Å². The lowest BCUT2D eigenvalue weighted by atomic mass is 9.57. The number of carbonyl (C=O) groups is 1. The SMILES string of the molecule is CNc1ccc2c(c1)/C(=C/C(=O)C13CCCC(CC(C)C1)C3)NC(C)(C)C2. The lowest BCUT2D eigenvalue weighted by Crippen LogP contribution is -2.45. The molecule has 3 atom stereocenters. The molecule has 2 bridgehead atoms. The van der Waals surface area contributed by atoms with Gasteiger partial charge in [0.25, 0.3) is 0 Å². The Morgan fingerprint density at radius 2 is 2.11 bits per heavy atom. The summed E-state index contributed by atoms with van der Waals surface area (Å²) in [5.74, 6) is 1.79. The average molecular weight is 367 g/mol. The highest BCUT2D eigenvalue weighted by atomic mass is 16.1. The van der Waals surface area contributed by atoms with Gasteiger partial charge in [-0.1, -0.05) is 25.8 Å². The number of nitrogens with one attached hydrogen (secondary N) is 2. The second-order valence-corrected chi connectivity index (χ2v) is 10.0. The van der Waals surface area contributed by atoms with E-state index in [1.165, 1.54) is 30.4 Å². The molecule has 1 heterocycles. The molecule has 4 rings (SSSR count). The van der Waals surface area contributed by atoms with Crippen LogP contribution in [0.25, 0.3) is 5.70 Å². The van der Waals surface area contributed by atoms with Gasteiger partial charge in [-0.2, -0.15) is 0 Å². The minimum absolute atomic E-state index is 0.0348. The van der Waals surface area contributed by atoms with Gasteiger partial charge in [0.1, 0.15) is 0 Å². The molecule has 3 aliphatic rings. The molecule has 3 nitrogen and oxygen atoms in total. The first-order chi connectivity index (χ1) is 12.8. The Morgan fingerprint density at radius 3 is 2.89 bits per heavy atom. The van der Waals surface area contributed by atoms with E-state index < -0.39 is 0 Å². The number of benzene rings is 1. The van der Waals surface area contributed by atoms with Crippen LogP contribution in [0.2, 0.25) is 0 Å². The predicted molar refractivity (Wildman–Crippen MR) is 113 cm³/mol. The van der Waals surface area contributed by atoms with E-state index in [4.69, 9.17) is 0 Å². The van der Waals surface area contributed by atoms with Gasteiger partial charge in [0.2, 0.25) is 0 Å². The molecule has 146 valence electrons. The lowest BCUT2D eigenvalue weighted by Gasteiger charge is -2.46. The van der Waals surface area contributed by atoms with Crippen LogP contribution in [0, 0.1) is 17.3 Å². The zero-order valence-electron chi connectivity index (χ0n) is 17.3. The quantitative estimate of drug-likeness (QED) is 0.725. The van der Waals surface area contributed by atoms with Crippen LogP contribution in [0.5, 0.6) is 0 Å². The molecule has 1 aromatic rings. The molecule has 0 saturated heterocycles. The van der Waals surface area contributed by atoms with Crippen LogP contribution in [0.4, 0.5) is 5.69 Å². The largest absolute Gasteiger partial charge is 0.388 e. The predicted octanol–water partition coefficient (Wildman–Crippen LogP) is 5.17. The second kappa shape index (κ2) is 6.68. The van der Waals surface area contributed by atoms with E-state index in [9.17, 15) is 4.79 Å². The van der Waals surface area contributed by atoms with Gasteiger partial charge in [-0.15, -0.1) is 0 Å². The van der Waals surface area contributed by atoms with E-state index in [0.717, 1.165) is 43.0 Å². The summed E-state index contributed by atoms with van der Waals surface area (Å²) < 4.78 is 0. The van der Waals surface area contributed by atoms with Crippen molar-refractivity contribution in [1.82, 2.24) is 5.32 Å². The van der Waals surface area contributed by atoms with Gasteiger partial charge in [-0.3, -0.25) is 4.79 Å². The number of fused-ring (bicyclic) bond motifs is 3. The van der Waals surface area contributed by atoms with Gasteiger partial charge in [-0.05, 0) is 75.5 Å². The number of anilines is 1. The molecule has 2 saturated carbocycles. The Hall–Kier alpha value is -1.77. The summed E-state index contributed by atoms with van der Waals surface area (Å²) in [5.41, 5.74) is 4.47. The first kappa shape index (κ1) is 18.6. The molecule has 0 radical (unpaired) electrons. The van der Waals surface area contributed by atoms with Crippen molar-refractivity contribution in [2.24, 2.45) is 17.3 Å². The van der Waals surface area contributed by atoms with Crippen molar-refractivity contribution >= 4 is 17.2 Å². The van der Waals surface area contributed by atoms with Gasteiger partial charge in [-0.25, -0.2) is 0 Å². The highest BCUT2D eigenvalue weighted by Gasteiger charge is 2.46. The van der Waals surface area contributed by atoms with Crippen molar-refractivity contribution in [3.05, 3.63) is 35.4 Å². The van der Waals surface area contributed by atoms with E-state index >= 15 is 0 Å². The number of ketones is 1. The van der Waals surface area contributed by atoms with Gasteiger partial charge >= 0.3 is 0 Å². The first-order valence-electron chi connectivity index (χ1n) is 10.7. The fraction of sp³-hybridized carbons (Fsp3) is 0.625. The summed E-state index contributed by atoms with van der Waals surface area (Å²) in [6.45, 7) is 6.78. The number of hydrogen-bond acceptors (Lipinski definition) is 3. The molecule has 1 aromatic carbocycles. The zero-order chi connectivity index (χ0) is 19.2. The third-order valence-corrected chi connectivity index (χ3v) is 7.01. The Balaban J connectivity index is 1.71. The molecule has 2 N–H and O–H groups in total. The summed E-state index contributed by atoms with van der Waals surface area (Å²) in [5, 5.41) is 6.90. The van der Waals surface area contributed by atoms with Crippen LogP contribution < -0.4 is 10.6 Å². The summed E-state index contributed by atoms with van der Waals surface area (Å²) in [6, 6.07) is 6.52. The standard InChI is InChI=1S/C24H34N2O/c1-16-10-17-6-5-9-24(13-16,14-17)22(27)12-21-20-11-19(25-4)8-7-18(20)15-23(2,3)26-21/h7-8,11-12,16-17,25-26H,5-6,9-10,13-15H2,1-4H3/b21-12-. The van der Waals surface area contributed by atoms with E-state index in [1.54, 1.807) is 0 Å². The molecular formula is C24H34N2O. The monoisotopic (exact) mass is 366 g/mol. The highest BCUT2D eigenvalue weighted by molar-refractivity contribution is 6.01. The minimum atomic E-state index is -0.113. The normalized spacial score (nSPS) is 33.1. The minimum Gasteiger partial charge on any atom is -0.388 e. The molecule has 3 unspecified atom stereocenters.